The summed E-state index contributed by atoms with van der Waals surface area (Å²) >= 11 is 0. The van der Waals surface area contributed by atoms with Crippen molar-refractivity contribution in [2.75, 3.05) is 19.8 Å². The molecule has 2 heteroatoms. The quantitative estimate of drug-likeness (QED) is 0.697. The fourth-order valence-electron chi connectivity index (χ4n) is 1.55. The molecule has 1 fully saturated rings. The molecule has 0 amide bonds. The summed E-state index contributed by atoms with van der Waals surface area (Å²) in [5.41, 5.74) is 0. The summed E-state index contributed by atoms with van der Waals surface area (Å²) in [4.78, 5) is 2.33. The van der Waals surface area contributed by atoms with E-state index in [-0.39, 0.29) is 0 Å². The van der Waals surface area contributed by atoms with Crippen LogP contribution < -0.4 is 4.74 Å². The van der Waals surface area contributed by atoms with Crippen molar-refractivity contribution in [1.29, 1.82) is 0 Å². The van der Waals surface area contributed by atoms with Gasteiger partial charge in [0, 0.05) is 13.1 Å². The van der Waals surface area contributed by atoms with E-state index in [0.29, 0.717) is 0 Å². The molecule has 1 radical (unpaired) electrons. The molecule has 2 rings (SSSR count). The van der Waals surface area contributed by atoms with Crippen molar-refractivity contribution in [1.82, 2.24) is 4.90 Å². The molecule has 1 aromatic rings. The average molecular weight is 176 g/mol. The topological polar surface area (TPSA) is 12.5 Å². The summed E-state index contributed by atoms with van der Waals surface area (Å²) in [6, 6.07) is 10.6. The van der Waals surface area contributed by atoms with Gasteiger partial charge in [0.15, 0.2) is 0 Å². The highest BCUT2D eigenvalue weighted by molar-refractivity contribution is 5.20. The van der Waals surface area contributed by atoms with Gasteiger partial charge in [-0.1, -0.05) is 12.1 Å². The zero-order chi connectivity index (χ0) is 8.93. The van der Waals surface area contributed by atoms with E-state index in [1.54, 1.807) is 0 Å². The average Bonchev–Trinajstić information content (AvgIpc) is 2.69. The molecule has 0 aromatic heterocycles. The lowest BCUT2D eigenvalue weighted by Gasteiger charge is -2.15. The van der Waals surface area contributed by atoms with Crippen LogP contribution in [0.15, 0.2) is 24.3 Å². The van der Waals surface area contributed by atoms with E-state index in [2.05, 4.69) is 11.0 Å². The Bertz CT molecular complexity index is 242. The molecule has 13 heavy (non-hydrogen) atoms. The summed E-state index contributed by atoms with van der Waals surface area (Å²) in [5.74, 6) is 0.936. The molecule has 0 unspecified atom stereocenters. The molecule has 1 aromatic carbocycles. The first-order valence-electron chi connectivity index (χ1n) is 4.76. The Balaban J connectivity index is 1.79. The molecule has 1 aliphatic heterocycles. The molecule has 69 valence electrons. The largest absolute Gasteiger partial charge is 0.478 e. The van der Waals surface area contributed by atoms with Crippen molar-refractivity contribution in [2.24, 2.45) is 0 Å². The lowest BCUT2D eigenvalue weighted by atomic mass is 10.3. The van der Waals surface area contributed by atoms with Crippen molar-refractivity contribution in [3.8, 4) is 5.75 Å². The predicted molar refractivity (Wildman–Crippen MR) is 51.6 cm³/mol. The van der Waals surface area contributed by atoms with Crippen LogP contribution in [0.25, 0.3) is 0 Å². The van der Waals surface area contributed by atoms with Crippen LogP contribution in [-0.4, -0.2) is 24.7 Å². The number of hydrogen-bond acceptors (Lipinski definition) is 2. The smallest absolute Gasteiger partial charge is 0.142 e. The van der Waals surface area contributed by atoms with E-state index in [0.717, 1.165) is 12.5 Å². The van der Waals surface area contributed by atoms with Crippen molar-refractivity contribution in [2.45, 2.75) is 12.8 Å². The minimum Gasteiger partial charge on any atom is -0.478 e. The molecule has 1 aliphatic rings. The van der Waals surface area contributed by atoms with Gasteiger partial charge in [0.05, 0.1) is 0 Å². The van der Waals surface area contributed by atoms with Gasteiger partial charge in [-0.15, -0.1) is 0 Å². The van der Waals surface area contributed by atoms with Gasteiger partial charge in [-0.2, -0.15) is 0 Å². The molecule has 1 heterocycles. The number of hydrogen-bond donors (Lipinski definition) is 0. The van der Waals surface area contributed by atoms with Crippen LogP contribution in [0.1, 0.15) is 12.8 Å². The fraction of sp³-hybridized carbons (Fsp3) is 0.455. The van der Waals surface area contributed by atoms with Crippen molar-refractivity contribution in [3.63, 3.8) is 0 Å². The fourth-order valence-corrected chi connectivity index (χ4v) is 1.55. The highest BCUT2D eigenvalue weighted by atomic mass is 16.5. The van der Waals surface area contributed by atoms with Crippen LogP contribution in [0.4, 0.5) is 0 Å². The summed E-state index contributed by atoms with van der Waals surface area (Å²) < 4.78 is 5.60. The maximum atomic E-state index is 5.60. The van der Waals surface area contributed by atoms with Crippen LogP contribution in [-0.2, 0) is 0 Å². The Hall–Kier alpha value is -1.02. The summed E-state index contributed by atoms with van der Waals surface area (Å²) in [6.45, 7) is 3.09. The van der Waals surface area contributed by atoms with Crippen LogP contribution in [0.2, 0.25) is 0 Å². The number of ether oxygens (including phenoxy) is 1. The molecule has 1 saturated heterocycles. The number of likely N-dealkylation sites (tertiary alicyclic amines) is 1. The number of nitrogens with zero attached hydrogens (tertiary/aromatic N) is 1. The molecule has 0 aliphatic carbocycles. The van der Waals surface area contributed by atoms with E-state index in [1.165, 1.54) is 25.9 Å². The van der Waals surface area contributed by atoms with Gasteiger partial charge in [0.1, 0.15) is 12.5 Å². The highest BCUT2D eigenvalue weighted by Gasteiger charge is 2.10. The lowest BCUT2D eigenvalue weighted by Crippen LogP contribution is -2.24. The second-order valence-electron chi connectivity index (χ2n) is 3.33. The normalized spacial score (nSPS) is 17.5. The van der Waals surface area contributed by atoms with E-state index in [1.807, 2.05) is 24.3 Å². The molecule has 0 N–H and O–H groups in total. The Kier molecular flexibility index (Phi) is 2.82. The van der Waals surface area contributed by atoms with Gasteiger partial charge < -0.3 is 4.74 Å². The first kappa shape index (κ1) is 8.57. The summed E-state index contributed by atoms with van der Waals surface area (Å²) in [6.07, 6.45) is 2.62. The Morgan fingerprint density at radius 3 is 2.62 bits per heavy atom. The Labute approximate surface area is 79.1 Å². The van der Waals surface area contributed by atoms with Gasteiger partial charge in [-0.3, -0.25) is 4.90 Å². The zero-order valence-electron chi connectivity index (χ0n) is 7.70. The lowest BCUT2D eigenvalue weighted by molar-refractivity contribution is 0.152. The predicted octanol–water partition coefficient (Wildman–Crippen LogP) is 1.92. The van der Waals surface area contributed by atoms with Crippen LogP contribution in [0.3, 0.4) is 0 Å². The molecule has 0 saturated carbocycles. The first-order valence-corrected chi connectivity index (χ1v) is 4.76. The minimum absolute atomic E-state index is 0.726. The Morgan fingerprint density at radius 2 is 1.92 bits per heavy atom. The number of benzene rings is 1. The minimum atomic E-state index is 0.726. The molecule has 0 spiro atoms. The van der Waals surface area contributed by atoms with Gasteiger partial charge in [-0.05, 0) is 31.0 Å². The van der Waals surface area contributed by atoms with Crippen molar-refractivity contribution in [3.05, 3.63) is 30.3 Å². The SMILES string of the molecule is [c]1ccc(OCN2CCCC2)cc1. The van der Waals surface area contributed by atoms with E-state index >= 15 is 0 Å². The van der Waals surface area contributed by atoms with Gasteiger partial charge in [-0.25, -0.2) is 0 Å². The molecule has 0 atom stereocenters. The maximum Gasteiger partial charge on any atom is 0.142 e. The van der Waals surface area contributed by atoms with Crippen LogP contribution in [0.5, 0.6) is 5.75 Å². The Morgan fingerprint density at radius 1 is 1.23 bits per heavy atom. The monoisotopic (exact) mass is 176 g/mol. The second kappa shape index (κ2) is 4.28. The third kappa shape index (κ3) is 2.46. The van der Waals surface area contributed by atoms with Crippen LogP contribution >= 0.6 is 0 Å². The summed E-state index contributed by atoms with van der Waals surface area (Å²) in [5, 5.41) is 0. The standard InChI is InChI=1S/C11H14NO/c1-2-6-11(7-3-1)13-10-12-8-4-5-9-12/h2-3,6-7H,4-5,8-10H2. The van der Waals surface area contributed by atoms with E-state index in [4.69, 9.17) is 4.74 Å². The molecule has 2 nitrogen and oxygen atoms in total. The van der Waals surface area contributed by atoms with Gasteiger partial charge in [0.25, 0.3) is 0 Å². The third-order valence-corrected chi connectivity index (χ3v) is 2.30. The maximum absolute atomic E-state index is 5.60. The first-order chi connectivity index (χ1) is 6.45. The van der Waals surface area contributed by atoms with Crippen LogP contribution in [0, 0.1) is 6.07 Å². The number of rotatable bonds is 3. The molecular formula is C11H14NO. The van der Waals surface area contributed by atoms with Crippen molar-refractivity contribution < 1.29 is 4.74 Å². The van der Waals surface area contributed by atoms with Gasteiger partial charge >= 0.3 is 0 Å². The van der Waals surface area contributed by atoms with E-state index in [9.17, 15) is 0 Å². The van der Waals surface area contributed by atoms with Gasteiger partial charge in [0.2, 0.25) is 0 Å². The summed E-state index contributed by atoms with van der Waals surface area (Å²) in [7, 11) is 0. The molecular weight excluding hydrogens is 162 g/mol. The van der Waals surface area contributed by atoms with E-state index < -0.39 is 0 Å². The highest BCUT2D eigenvalue weighted by Crippen LogP contribution is 2.11. The second-order valence-corrected chi connectivity index (χ2v) is 3.33. The van der Waals surface area contributed by atoms with Crippen molar-refractivity contribution >= 4 is 0 Å². The third-order valence-electron chi connectivity index (χ3n) is 2.30. The molecule has 0 bridgehead atoms. The zero-order valence-corrected chi connectivity index (χ0v) is 7.70.